The van der Waals surface area contributed by atoms with E-state index in [4.69, 9.17) is 5.26 Å². The van der Waals surface area contributed by atoms with Crippen LogP contribution in [0.1, 0.15) is 19.4 Å². The van der Waals surface area contributed by atoms with Crippen molar-refractivity contribution in [3.63, 3.8) is 0 Å². The molecule has 3 heteroatoms. The predicted octanol–water partition coefficient (Wildman–Crippen LogP) is 3.68. The predicted molar refractivity (Wildman–Crippen MR) is 54.8 cm³/mol. The van der Waals surface area contributed by atoms with Crippen molar-refractivity contribution in [2.75, 3.05) is 0 Å². The van der Waals surface area contributed by atoms with Gasteiger partial charge >= 0.3 is 0 Å². The Labute approximate surface area is 86.3 Å². The van der Waals surface area contributed by atoms with Crippen LogP contribution in [-0.4, -0.2) is 0 Å². The number of hydrogen-bond donors (Lipinski definition) is 0. The third-order valence-corrected chi connectivity index (χ3v) is 1.78. The second-order valence-electron chi connectivity index (χ2n) is 2.07. The van der Waals surface area contributed by atoms with E-state index in [-0.39, 0.29) is 12.2 Å². The molecular weight excluding hydrogens is 233 g/mol. The lowest BCUT2D eigenvalue weighted by atomic mass is 10.1. The topological polar surface area (TPSA) is 23.8 Å². The number of halogens is 2. The molecule has 0 fully saturated rings. The molecule has 0 saturated carbocycles. The van der Waals surface area contributed by atoms with Crippen LogP contribution in [0.4, 0.5) is 4.39 Å². The molecule has 0 bridgehead atoms. The van der Waals surface area contributed by atoms with Crippen LogP contribution >= 0.6 is 15.9 Å². The Kier molecular flexibility index (Phi) is 6.17. The van der Waals surface area contributed by atoms with Crippen molar-refractivity contribution >= 4 is 15.9 Å². The number of nitriles is 1. The second kappa shape index (κ2) is 6.62. The zero-order valence-electron chi connectivity index (χ0n) is 7.64. The molecule has 0 aliphatic carbocycles. The molecule has 13 heavy (non-hydrogen) atoms. The third-order valence-electron chi connectivity index (χ3n) is 1.28. The maximum absolute atomic E-state index is 12.9. The van der Waals surface area contributed by atoms with Crippen molar-refractivity contribution in [1.29, 1.82) is 5.26 Å². The lowest BCUT2D eigenvalue weighted by Crippen LogP contribution is -1.87. The quantitative estimate of drug-likeness (QED) is 0.739. The highest BCUT2D eigenvalue weighted by Gasteiger charge is 2.00. The van der Waals surface area contributed by atoms with E-state index in [0.717, 1.165) is 0 Å². The SMILES string of the molecule is CC.N#CCc1ccc(Br)cc1F. The van der Waals surface area contributed by atoms with Gasteiger partial charge in [-0.3, -0.25) is 0 Å². The van der Waals surface area contributed by atoms with E-state index in [1.165, 1.54) is 6.07 Å². The van der Waals surface area contributed by atoms with Gasteiger partial charge in [0.15, 0.2) is 0 Å². The first-order valence-electron chi connectivity index (χ1n) is 4.05. The van der Waals surface area contributed by atoms with Crippen LogP contribution in [0.15, 0.2) is 22.7 Å². The Morgan fingerprint density at radius 3 is 2.54 bits per heavy atom. The molecule has 1 rings (SSSR count). The molecule has 0 radical (unpaired) electrons. The van der Waals surface area contributed by atoms with Gasteiger partial charge in [-0.2, -0.15) is 5.26 Å². The molecule has 0 amide bonds. The lowest BCUT2D eigenvalue weighted by molar-refractivity contribution is 0.614. The van der Waals surface area contributed by atoms with Gasteiger partial charge in [-0.1, -0.05) is 35.8 Å². The number of benzene rings is 1. The highest BCUT2D eigenvalue weighted by molar-refractivity contribution is 9.10. The first-order chi connectivity index (χ1) is 6.24. The summed E-state index contributed by atoms with van der Waals surface area (Å²) < 4.78 is 13.5. The maximum atomic E-state index is 12.9. The number of nitrogens with zero attached hydrogens (tertiary/aromatic N) is 1. The summed E-state index contributed by atoms with van der Waals surface area (Å²) in [7, 11) is 0. The van der Waals surface area contributed by atoms with Gasteiger partial charge in [0.25, 0.3) is 0 Å². The Morgan fingerprint density at radius 2 is 2.08 bits per heavy atom. The number of rotatable bonds is 1. The van der Waals surface area contributed by atoms with Gasteiger partial charge in [-0.15, -0.1) is 0 Å². The molecule has 0 N–H and O–H groups in total. The zero-order valence-corrected chi connectivity index (χ0v) is 9.23. The molecule has 0 saturated heterocycles. The van der Waals surface area contributed by atoms with Crippen molar-refractivity contribution in [1.82, 2.24) is 0 Å². The molecule has 1 aromatic carbocycles. The average molecular weight is 244 g/mol. The van der Waals surface area contributed by atoms with Gasteiger partial charge in [0.2, 0.25) is 0 Å². The largest absolute Gasteiger partial charge is 0.207 e. The fourth-order valence-electron chi connectivity index (χ4n) is 0.750. The molecule has 1 aromatic rings. The molecule has 0 aliphatic heterocycles. The first kappa shape index (κ1) is 12.1. The smallest absolute Gasteiger partial charge is 0.128 e. The summed E-state index contributed by atoms with van der Waals surface area (Å²) in [5, 5.41) is 8.29. The zero-order chi connectivity index (χ0) is 10.3. The minimum atomic E-state index is -0.332. The molecule has 0 aliphatic rings. The summed E-state index contributed by atoms with van der Waals surface area (Å²) in [5.41, 5.74) is 0.440. The van der Waals surface area contributed by atoms with Crippen LogP contribution in [0.2, 0.25) is 0 Å². The van der Waals surface area contributed by atoms with Gasteiger partial charge in [-0.05, 0) is 12.1 Å². The van der Waals surface area contributed by atoms with Crippen LogP contribution in [0.3, 0.4) is 0 Å². The molecule has 1 nitrogen and oxygen atoms in total. The van der Waals surface area contributed by atoms with Gasteiger partial charge < -0.3 is 0 Å². The molecular formula is C10H11BrFN. The fourth-order valence-corrected chi connectivity index (χ4v) is 1.08. The lowest BCUT2D eigenvalue weighted by Gasteiger charge is -1.96. The normalized spacial score (nSPS) is 8.23. The number of hydrogen-bond acceptors (Lipinski definition) is 1. The Morgan fingerprint density at radius 1 is 1.46 bits per heavy atom. The fraction of sp³-hybridized carbons (Fsp3) is 0.300. The van der Waals surface area contributed by atoms with E-state index >= 15 is 0 Å². The van der Waals surface area contributed by atoms with Crippen molar-refractivity contribution in [3.05, 3.63) is 34.1 Å². The van der Waals surface area contributed by atoms with Gasteiger partial charge in [0.1, 0.15) is 5.82 Å². The minimum absolute atomic E-state index is 0.124. The summed E-state index contributed by atoms with van der Waals surface area (Å²) in [6.07, 6.45) is 0.124. The van der Waals surface area contributed by atoms with Gasteiger partial charge in [0, 0.05) is 10.0 Å². The van der Waals surface area contributed by atoms with E-state index in [1.54, 1.807) is 12.1 Å². The molecule has 0 spiro atoms. The van der Waals surface area contributed by atoms with Gasteiger partial charge in [0.05, 0.1) is 12.5 Å². The Hall–Kier alpha value is -0.880. The van der Waals surface area contributed by atoms with E-state index in [0.29, 0.717) is 10.0 Å². The average Bonchev–Trinajstić information content (AvgIpc) is 2.14. The van der Waals surface area contributed by atoms with Crippen LogP contribution in [0.5, 0.6) is 0 Å². The Bertz CT molecular complexity index is 304. The van der Waals surface area contributed by atoms with Crippen molar-refractivity contribution in [2.45, 2.75) is 20.3 Å². The van der Waals surface area contributed by atoms with E-state index in [1.807, 2.05) is 19.9 Å². The van der Waals surface area contributed by atoms with Crippen LogP contribution < -0.4 is 0 Å². The standard InChI is InChI=1S/C8H5BrFN.C2H6/c9-7-2-1-6(3-4-11)8(10)5-7;1-2/h1-2,5H,3H2;1-2H3. The molecule has 0 aromatic heterocycles. The molecule has 0 atom stereocenters. The first-order valence-corrected chi connectivity index (χ1v) is 4.84. The third kappa shape index (κ3) is 4.05. The van der Waals surface area contributed by atoms with Crippen LogP contribution in [0.25, 0.3) is 0 Å². The van der Waals surface area contributed by atoms with Gasteiger partial charge in [-0.25, -0.2) is 4.39 Å². The molecule has 0 unspecified atom stereocenters. The van der Waals surface area contributed by atoms with Crippen molar-refractivity contribution in [3.8, 4) is 6.07 Å². The van der Waals surface area contributed by atoms with E-state index in [9.17, 15) is 4.39 Å². The Balaban J connectivity index is 0.000000671. The van der Waals surface area contributed by atoms with E-state index < -0.39 is 0 Å². The summed E-state index contributed by atoms with van der Waals surface area (Å²) in [6, 6.07) is 6.56. The van der Waals surface area contributed by atoms with Crippen LogP contribution in [0, 0.1) is 17.1 Å². The van der Waals surface area contributed by atoms with E-state index in [2.05, 4.69) is 15.9 Å². The maximum Gasteiger partial charge on any atom is 0.128 e. The van der Waals surface area contributed by atoms with Crippen LogP contribution in [-0.2, 0) is 6.42 Å². The molecule has 70 valence electrons. The summed E-state index contributed by atoms with van der Waals surface area (Å²) in [6.45, 7) is 4.00. The van der Waals surface area contributed by atoms with Crippen molar-refractivity contribution in [2.24, 2.45) is 0 Å². The molecule has 0 heterocycles. The highest BCUT2D eigenvalue weighted by atomic mass is 79.9. The summed E-state index contributed by atoms with van der Waals surface area (Å²) in [5.74, 6) is -0.332. The monoisotopic (exact) mass is 243 g/mol. The summed E-state index contributed by atoms with van der Waals surface area (Å²) >= 11 is 3.12. The highest BCUT2D eigenvalue weighted by Crippen LogP contribution is 2.15. The van der Waals surface area contributed by atoms with Crippen molar-refractivity contribution < 1.29 is 4.39 Å². The summed E-state index contributed by atoms with van der Waals surface area (Å²) in [4.78, 5) is 0. The second-order valence-corrected chi connectivity index (χ2v) is 2.99. The minimum Gasteiger partial charge on any atom is -0.207 e.